The van der Waals surface area contributed by atoms with Crippen LogP contribution in [0.1, 0.15) is 18.0 Å². The van der Waals surface area contributed by atoms with Crippen molar-refractivity contribution < 1.29 is 0 Å². The van der Waals surface area contributed by atoms with Gasteiger partial charge in [-0.1, -0.05) is 12.1 Å². The maximum Gasteiger partial charge on any atom is 0.0702 e. The molecule has 0 bridgehead atoms. The molecule has 3 nitrogen and oxygen atoms in total. The Morgan fingerprint density at radius 2 is 2.35 bits per heavy atom. The van der Waals surface area contributed by atoms with Gasteiger partial charge in [-0.3, -0.25) is 9.88 Å². The molecule has 3 rings (SSSR count). The van der Waals surface area contributed by atoms with Gasteiger partial charge >= 0.3 is 0 Å². The lowest BCUT2D eigenvalue weighted by Crippen LogP contribution is -2.38. The number of benzene rings is 1. The molecule has 1 aliphatic rings. The van der Waals surface area contributed by atoms with Crippen LogP contribution in [0.4, 0.5) is 0 Å². The highest BCUT2D eigenvalue weighted by atomic mass is 32.2. The van der Waals surface area contributed by atoms with Crippen molar-refractivity contribution >= 4 is 22.7 Å². The fourth-order valence-electron chi connectivity index (χ4n) is 2.94. The predicted octanol–water partition coefficient (Wildman–Crippen LogP) is 2.67. The summed E-state index contributed by atoms with van der Waals surface area (Å²) in [6, 6.07) is 11.6. The predicted molar refractivity (Wildman–Crippen MR) is 87.0 cm³/mol. The van der Waals surface area contributed by atoms with Crippen LogP contribution in [-0.2, 0) is 0 Å². The SMILES string of the molecule is CN(C1CCSC1)C(CN)c1ccc2ncccc2c1. The number of nitrogens with two attached hydrogens (primary N) is 1. The molecule has 0 amide bonds. The monoisotopic (exact) mass is 287 g/mol. The molecule has 4 heteroatoms. The first kappa shape index (κ1) is 13.9. The van der Waals surface area contributed by atoms with Crippen molar-refractivity contribution in [2.45, 2.75) is 18.5 Å². The minimum atomic E-state index is 0.295. The molecule has 0 aliphatic carbocycles. The van der Waals surface area contributed by atoms with E-state index in [2.05, 4.69) is 41.2 Å². The summed E-state index contributed by atoms with van der Waals surface area (Å²) in [5.41, 5.74) is 8.40. The molecule has 2 heterocycles. The Hall–Kier alpha value is -1.10. The van der Waals surface area contributed by atoms with Crippen LogP contribution in [0.25, 0.3) is 10.9 Å². The molecule has 1 saturated heterocycles. The van der Waals surface area contributed by atoms with E-state index in [0.717, 1.165) is 5.52 Å². The summed E-state index contributed by atoms with van der Waals surface area (Å²) in [5.74, 6) is 2.50. The van der Waals surface area contributed by atoms with E-state index >= 15 is 0 Å². The minimum Gasteiger partial charge on any atom is -0.329 e. The lowest BCUT2D eigenvalue weighted by Gasteiger charge is -2.32. The van der Waals surface area contributed by atoms with E-state index < -0.39 is 0 Å². The Bertz CT molecular complexity index is 581. The van der Waals surface area contributed by atoms with E-state index in [1.807, 2.05) is 24.0 Å². The van der Waals surface area contributed by atoms with Gasteiger partial charge in [0.05, 0.1) is 5.52 Å². The molecule has 20 heavy (non-hydrogen) atoms. The van der Waals surface area contributed by atoms with Crippen LogP contribution in [0, 0.1) is 0 Å². The van der Waals surface area contributed by atoms with Crippen LogP contribution in [-0.4, -0.2) is 41.0 Å². The maximum atomic E-state index is 6.05. The molecule has 1 aromatic heterocycles. The van der Waals surface area contributed by atoms with Crippen LogP contribution >= 0.6 is 11.8 Å². The summed E-state index contributed by atoms with van der Waals surface area (Å²) in [6.45, 7) is 0.656. The molecular formula is C16H21N3S. The number of thioether (sulfide) groups is 1. The van der Waals surface area contributed by atoms with E-state index in [9.17, 15) is 0 Å². The highest BCUT2D eigenvalue weighted by Gasteiger charge is 2.26. The molecule has 106 valence electrons. The average Bonchev–Trinajstić information content (AvgIpc) is 3.02. The van der Waals surface area contributed by atoms with E-state index in [4.69, 9.17) is 5.73 Å². The van der Waals surface area contributed by atoms with Gasteiger partial charge in [0, 0.05) is 36.0 Å². The lowest BCUT2D eigenvalue weighted by atomic mass is 10.0. The largest absolute Gasteiger partial charge is 0.329 e. The summed E-state index contributed by atoms with van der Waals surface area (Å²) in [7, 11) is 2.21. The second kappa shape index (κ2) is 6.12. The van der Waals surface area contributed by atoms with Gasteiger partial charge in [-0.2, -0.15) is 11.8 Å². The molecule has 2 unspecified atom stereocenters. The van der Waals surface area contributed by atoms with Gasteiger partial charge in [-0.15, -0.1) is 0 Å². The van der Waals surface area contributed by atoms with Crippen molar-refractivity contribution in [2.75, 3.05) is 25.1 Å². The Kier molecular flexibility index (Phi) is 4.24. The number of rotatable bonds is 4. The minimum absolute atomic E-state index is 0.295. The Labute approximate surface area is 124 Å². The first-order valence-corrected chi connectivity index (χ1v) is 8.29. The van der Waals surface area contributed by atoms with Gasteiger partial charge in [0.2, 0.25) is 0 Å². The molecule has 0 spiro atoms. The van der Waals surface area contributed by atoms with Crippen LogP contribution < -0.4 is 5.73 Å². The smallest absolute Gasteiger partial charge is 0.0702 e. The van der Waals surface area contributed by atoms with Crippen molar-refractivity contribution in [3.63, 3.8) is 0 Å². The molecule has 1 fully saturated rings. The molecule has 2 N–H and O–H groups in total. The quantitative estimate of drug-likeness (QED) is 0.939. The van der Waals surface area contributed by atoms with Crippen molar-refractivity contribution in [1.29, 1.82) is 0 Å². The zero-order valence-electron chi connectivity index (χ0n) is 11.8. The fourth-order valence-corrected chi connectivity index (χ4v) is 4.22. The average molecular weight is 287 g/mol. The summed E-state index contributed by atoms with van der Waals surface area (Å²) in [4.78, 5) is 6.84. The summed E-state index contributed by atoms with van der Waals surface area (Å²) >= 11 is 2.04. The zero-order chi connectivity index (χ0) is 13.9. The second-order valence-corrected chi connectivity index (χ2v) is 6.54. The molecule has 2 aromatic rings. The Morgan fingerprint density at radius 1 is 1.45 bits per heavy atom. The van der Waals surface area contributed by atoms with Crippen LogP contribution in [0.3, 0.4) is 0 Å². The third-order valence-electron chi connectivity index (χ3n) is 4.21. The molecule has 1 aliphatic heterocycles. The number of hydrogen-bond donors (Lipinski definition) is 1. The summed E-state index contributed by atoms with van der Waals surface area (Å²) < 4.78 is 0. The van der Waals surface area contributed by atoms with E-state index in [1.54, 1.807) is 0 Å². The van der Waals surface area contributed by atoms with Gasteiger partial charge in [0.1, 0.15) is 0 Å². The zero-order valence-corrected chi connectivity index (χ0v) is 12.6. The first-order chi connectivity index (χ1) is 9.79. The highest BCUT2D eigenvalue weighted by molar-refractivity contribution is 7.99. The highest BCUT2D eigenvalue weighted by Crippen LogP contribution is 2.29. The van der Waals surface area contributed by atoms with Crippen molar-refractivity contribution in [3.8, 4) is 0 Å². The van der Waals surface area contributed by atoms with E-state index in [-0.39, 0.29) is 0 Å². The molecule has 2 atom stereocenters. The number of pyridine rings is 1. The van der Waals surface area contributed by atoms with Crippen LogP contribution in [0.5, 0.6) is 0 Å². The Morgan fingerprint density at radius 3 is 3.10 bits per heavy atom. The fraction of sp³-hybridized carbons (Fsp3) is 0.438. The molecule has 1 aromatic carbocycles. The van der Waals surface area contributed by atoms with Gasteiger partial charge in [-0.05, 0) is 43.0 Å². The third-order valence-corrected chi connectivity index (χ3v) is 5.35. The van der Waals surface area contributed by atoms with Gasteiger partial charge in [-0.25, -0.2) is 0 Å². The molecular weight excluding hydrogens is 266 g/mol. The lowest BCUT2D eigenvalue weighted by molar-refractivity contribution is 0.193. The number of nitrogens with zero attached hydrogens (tertiary/aromatic N) is 2. The summed E-state index contributed by atoms with van der Waals surface area (Å²) in [5, 5.41) is 1.19. The topological polar surface area (TPSA) is 42.1 Å². The number of hydrogen-bond acceptors (Lipinski definition) is 4. The van der Waals surface area contributed by atoms with Gasteiger partial charge in [0.15, 0.2) is 0 Å². The summed E-state index contributed by atoms with van der Waals surface area (Å²) in [6.07, 6.45) is 3.11. The van der Waals surface area contributed by atoms with Crippen LogP contribution in [0.2, 0.25) is 0 Å². The van der Waals surface area contributed by atoms with Crippen LogP contribution in [0.15, 0.2) is 36.5 Å². The van der Waals surface area contributed by atoms with Crippen molar-refractivity contribution in [2.24, 2.45) is 5.73 Å². The third kappa shape index (κ3) is 2.68. The van der Waals surface area contributed by atoms with Gasteiger partial charge in [0.25, 0.3) is 0 Å². The number of aromatic nitrogens is 1. The van der Waals surface area contributed by atoms with Gasteiger partial charge < -0.3 is 5.73 Å². The Balaban J connectivity index is 1.89. The van der Waals surface area contributed by atoms with Crippen molar-refractivity contribution in [3.05, 3.63) is 42.1 Å². The second-order valence-electron chi connectivity index (χ2n) is 5.39. The van der Waals surface area contributed by atoms with Crippen molar-refractivity contribution in [1.82, 2.24) is 9.88 Å². The number of likely N-dealkylation sites (N-methyl/N-ethyl adjacent to an activating group) is 1. The normalized spacial score (nSPS) is 20.6. The maximum absolute atomic E-state index is 6.05. The molecule has 0 radical (unpaired) electrons. The van der Waals surface area contributed by atoms with E-state index in [0.29, 0.717) is 18.6 Å². The first-order valence-electron chi connectivity index (χ1n) is 7.14. The molecule has 0 saturated carbocycles. The number of fused-ring (bicyclic) bond motifs is 1. The van der Waals surface area contributed by atoms with E-state index in [1.165, 1.54) is 28.9 Å². The standard InChI is InChI=1S/C16H21N3S/c1-19(14-6-8-20-11-14)16(10-17)13-4-5-15-12(9-13)3-2-7-18-15/h2-5,7,9,14,16H,6,8,10-11,17H2,1H3.